The summed E-state index contributed by atoms with van der Waals surface area (Å²) in [4.78, 5) is 11.7. The molecule has 0 aliphatic heterocycles. The van der Waals surface area contributed by atoms with E-state index in [1.807, 2.05) is 68.4 Å². The molecule has 0 aliphatic carbocycles. The van der Waals surface area contributed by atoms with E-state index in [-0.39, 0.29) is 31.3 Å². The lowest BCUT2D eigenvalue weighted by Gasteiger charge is -2.19. The average Bonchev–Trinajstić information content (AvgIpc) is 2.71. The van der Waals surface area contributed by atoms with Crippen LogP contribution in [0.15, 0.2) is 54.6 Å². The maximum Gasteiger partial charge on any atom is 0.319 e. The molecule has 0 fully saturated rings. The number of anilines is 1. The molecule has 2 aromatic carbocycles. The molecule has 7 heteroatoms. The van der Waals surface area contributed by atoms with Crippen LogP contribution in [0.2, 0.25) is 0 Å². The predicted molar refractivity (Wildman–Crippen MR) is 114 cm³/mol. The molecule has 0 unspecified atom stereocenters. The lowest BCUT2D eigenvalue weighted by molar-refractivity contribution is 0.0997. The van der Waals surface area contributed by atoms with Gasteiger partial charge in [0.2, 0.25) is 0 Å². The van der Waals surface area contributed by atoms with Crippen molar-refractivity contribution in [2.45, 2.75) is 38.5 Å². The Bertz CT molecular complexity index is 723. The maximum atomic E-state index is 11.7. The van der Waals surface area contributed by atoms with Crippen molar-refractivity contribution in [3.8, 4) is 5.75 Å². The summed E-state index contributed by atoms with van der Waals surface area (Å²) >= 11 is 0. The monoisotopic (exact) mass is 401 g/mol. The number of carbonyl (C=O) groups is 1. The van der Waals surface area contributed by atoms with E-state index in [0.717, 1.165) is 5.56 Å². The molecule has 0 heterocycles. The van der Waals surface area contributed by atoms with Crippen molar-refractivity contribution in [2.24, 2.45) is 0 Å². The van der Waals surface area contributed by atoms with Crippen LogP contribution in [0.3, 0.4) is 0 Å². The molecule has 5 N–H and O–H groups in total. The Hall–Kier alpha value is -2.61. The second kappa shape index (κ2) is 12.1. The molecule has 158 valence electrons. The van der Waals surface area contributed by atoms with Crippen molar-refractivity contribution in [2.75, 3.05) is 25.1 Å². The van der Waals surface area contributed by atoms with Crippen molar-refractivity contribution in [1.82, 2.24) is 10.6 Å². The SMILES string of the molecule is CC(C)NC(=O)Nc1ccc(C[C@@H](CO)NC[C@H](O)COc2ccccc2)cc1. The molecule has 0 bridgehead atoms. The van der Waals surface area contributed by atoms with E-state index in [1.165, 1.54) is 0 Å². The first-order chi connectivity index (χ1) is 14.0. The zero-order valence-electron chi connectivity index (χ0n) is 17.0. The minimum atomic E-state index is -0.685. The third-order valence-electron chi connectivity index (χ3n) is 4.16. The molecule has 2 aromatic rings. The zero-order chi connectivity index (χ0) is 21.1. The number of rotatable bonds is 11. The summed E-state index contributed by atoms with van der Waals surface area (Å²) in [7, 11) is 0. The van der Waals surface area contributed by atoms with E-state index in [4.69, 9.17) is 4.74 Å². The number of para-hydroxylation sites is 1. The second-order valence-corrected chi connectivity index (χ2v) is 7.22. The Morgan fingerprint density at radius 2 is 1.76 bits per heavy atom. The molecule has 0 aliphatic rings. The number of nitrogens with one attached hydrogen (secondary N) is 3. The fourth-order valence-corrected chi connectivity index (χ4v) is 2.71. The molecular formula is C22H31N3O4. The number of ether oxygens (including phenoxy) is 1. The first-order valence-electron chi connectivity index (χ1n) is 9.83. The summed E-state index contributed by atoms with van der Waals surface area (Å²) in [5, 5.41) is 28.4. The molecular weight excluding hydrogens is 370 g/mol. The van der Waals surface area contributed by atoms with Crippen LogP contribution in [-0.2, 0) is 6.42 Å². The standard InChI is InChI=1S/C22H31N3O4/c1-16(2)24-22(28)25-18-10-8-17(9-11-18)12-19(14-26)23-13-20(27)15-29-21-6-4-3-5-7-21/h3-11,16,19-20,23,26-27H,12-15H2,1-2H3,(H2,24,25,28)/t19-,20-/m0/s1. The van der Waals surface area contributed by atoms with Crippen molar-refractivity contribution in [3.63, 3.8) is 0 Å². The van der Waals surface area contributed by atoms with Crippen LogP contribution in [0.5, 0.6) is 5.75 Å². The summed E-state index contributed by atoms with van der Waals surface area (Å²) in [5.41, 5.74) is 1.72. The highest BCUT2D eigenvalue weighted by Crippen LogP contribution is 2.12. The number of benzene rings is 2. The summed E-state index contributed by atoms with van der Waals surface area (Å²) in [6, 6.07) is 16.4. The van der Waals surface area contributed by atoms with Crippen LogP contribution < -0.4 is 20.7 Å². The lowest BCUT2D eigenvalue weighted by Crippen LogP contribution is -2.41. The number of hydrogen-bond donors (Lipinski definition) is 5. The molecule has 29 heavy (non-hydrogen) atoms. The van der Waals surface area contributed by atoms with Gasteiger partial charge in [0.25, 0.3) is 0 Å². The van der Waals surface area contributed by atoms with Crippen LogP contribution in [0, 0.1) is 0 Å². The molecule has 0 spiro atoms. The van der Waals surface area contributed by atoms with Gasteiger partial charge in [-0.25, -0.2) is 4.79 Å². The topological polar surface area (TPSA) is 103 Å². The fraction of sp³-hybridized carbons (Fsp3) is 0.409. The maximum absolute atomic E-state index is 11.7. The number of aliphatic hydroxyl groups is 2. The summed E-state index contributed by atoms with van der Waals surface area (Å²) in [5.74, 6) is 0.709. The van der Waals surface area contributed by atoms with Crippen molar-refractivity contribution >= 4 is 11.7 Å². The minimum Gasteiger partial charge on any atom is -0.491 e. The second-order valence-electron chi connectivity index (χ2n) is 7.22. The van der Waals surface area contributed by atoms with Crippen LogP contribution >= 0.6 is 0 Å². The van der Waals surface area contributed by atoms with Gasteiger partial charge in [-0.2, -0.15) is 0 Å². The Morgan fingerprint density at radius 1 is 1.07 bits per heavy atom. The third-order valence-corrected chi connectivity index (χ3v) is 4.16. The van der Waals surface area contributed by atoms with Gasteiger partial charge in [-0.3, -0.25) is 0 Å². The molecule has 0 saturated carbocycles. The van der Waals surface area contributed by atoms with Crippen molar-refractivity contribution < 1.29 is 19.7 Å². The Morgan fingerprint density at radius 3 is 2.38 bits per heavy atom. The van der Waals surface area contributed by atoms with E-state index in [0.29, 0.717) is 24.4 Å². The first kappa shape index (κ1) is 22.7. The van der Waals surface area contributed by atoms with Gasteiger partial charge in [-0.15, -0.1) is 0 Å². The first-order valence-corrected chi connectivity index (χ1v) is 9.83. The summed E-state index contributed by atoms with van der Waals surface area (Å²) < 4.78 is 5.53. The highest BCUT2D eigenvalue weighted by molar-refractivity contribution is 5.89. The molecule has 0 saturated heterocycles. The van der Waals surface area contributed by atoms with E-state index in [9.17, 15) is 15.0 Å². The molecule has 2 atom stereocenters. The van der Waals surface area contributed by atoms with E-state index >= 15 is 0 Å². The number of amides is 2. The van der Waals surface area contributed by atoms with Crippen LogP contribution in [0.4, 0.5) is 10.5 Å². The van der Waals surface area contributed by atoms with E-state index < -0.39 is 6.10 Å². The van der Waals surface area contributed by atoms with Gasteiger partial charge in [0, 0.05) is 24.3 Å². The summed E-state index contributed by atoms with van der Waals surface area (Å²) in [6.07, 6.45) is -0.0865. The van der Waals surface area contributed by atoms with Crippen LogP contribution in [0.25, 0.3) is 0 Å². The highest BCUT2D eigenvalue weighted by atomic mass is 16.5. The smallest absolute Gasteiger partial charge is 0.319 e. The Labute approximate surface area is 172 Å². The van der Waals surface area contributed by atoms with Gasteiger partial charge < -0.3 is 30.9 Å². The zero-order valence-corrected chi connectivity index (χ0v) is 17.0. The van der Waals surface area contributed by atoms with Crippen LogP contribution in [-0.4, -0.2) is 54.2 Å². The lowest BCUT2D eigenvalue weighted by atomic mass is 10.1. The number of urea groups is 1. The third kappa shape index (κ3) is 8.95. The number of aliphatic hydroxyl groups excluding tert-OH is 2. The average molecular weight is 402 g/mol. The number of hydrogen-bond acceptors (Lipinski definition) is 5. The Balaban J connectivity index is 1.74. The van der Waals surface area contributed by atoms with Gasteiger partial charge in [0.05, 0.1) is 6.61 Å². The van der Waals surface area contributed by atoms with Crippen molar-refractivity contribution in [1.29, 1.82) is 0 Å². The van der Waals surface area contributed by atoms with Gasteiger partial charge in [-0.05, 0) is 50.1 Å². The molecule has 0 aromatic heterocycles. The Kier molecular flexibility index (Phi) is 9.43. The van der Waals surface area contributed by atoms with Gasteiger partial charge in [0.15, 0.2) is 0 Å². The largest absolute Gasteiger partial charge is 0.491 e. The van der Waals surface area contributed by atoms with Gasteiger partial charge in [-0.1, -0.05) is 30.3 Å². The predicted octanol–water partition coefficient (Wildman–Crippen LogP) is 2.15. The van der Waals surface area contributed by atoms with Crippen LogP contribution in [0.1, 0.15) is 19.4 Å². The summed E-state index contributed by atoms with van der Waals surface area (Å²) in [6.45, 7) is 4.23. The van der Waals surface area contributed by atoms with Crippen molar-refractivity contribution in [3.05, 3.63) is 60.2 Å². The normalized spacial score (nSPS) is 13.0. The highest BCUT2D eigenvalue weighted by Gasteiger charge is 2.12. The molecule has 7 nitrogen and oxygen atoms in total. The fourth-order valence-electron chi connectivity index (χ4n) is 2.71. The molecule has 0 radical (unpaired) electrons. The molecule has 2 amide bonds. The van der Waals surface area contributed by atoms with E-state index in [2.05, 4.69) is 16.0 Å². The van der Waals surface area contributed by atoms with Gasteiger partial charge >= 0.3 is 6.03 Å². The van der Waals surface area contributed by atoms with Gasteiger partial charge in [0.1, 0.15) is 18.5 Å². The minimum absolute atomic E-state index is 0.0525. The van der Waals surface area contributed by atoms with E-state index in [1.54, 1.807) is 0 Å². The molecule has 2 rings (SSSR count). The quantitative estimate of drug-likeness (QED) is 0.397. The number of carbonyl (C=O) groups excluding carboxylic acids is 1.